The number of amides is 1. The van der Waals surface area contributed by atoms with Crippen molar-refractivity contribution in [3.8, 4) is 0 Å². The Morgan fingerprint density at radius 1 is 1.26 bits per heavy atom. The molecule has 2 aromatic heterocycles. The number of carbonyl (C=O) groups is 1. The zero-order chi connectivity index (χ0) is 23.2. The van der Waals surface area contributed by atoms with Gasteiger partial charge in [-0.25, -0.2) is 9.97 Å². The second-order valence-electron chi connectivity index (χ2n) is 7.43. The molecule has 0 aliphatic carbocycles. The minimum atomic E-state index is -4.56. The molecular formula is C19H21F3N4O4S. The molecule has 0 atom stereocenters. The van der Waals surface area contributed by atoms with Crippen molar-refractivity contribution in [3.63, 3.8) is 0 Å². The van der Waals surface area contributed by atoms with E-state index in [1.165, 1.54) is 24.3 Å². The Balaban J connectivity index is 1.84. The third-order valence-electron chi connectivity index (χ3n) is 3.81. The summed E-state index contributed by atoms with van der Waals surface area (Å²) in [5.41, 5.74) is -1.24. The lowest BCUT2D eigenvalue weighted by Crippen LogP contribution is -2.22. The van der Waals surface area contributed by atoms with Gasteiger partial charge >= 0.3 is 12.1 Å². The number of nitrogens with one attached hydrogen (secondary N) is 1. The maximum absolute atomic E-state index is 13.1. The molecule has 0 spiro atoms. The molecule has 2 rings (SSSR count). The van der Waals surface area contributed by atoms with Crippen molar-refractivity contribution >= 4 is 29.6 Å². The van der Waals surface area contributed by atoms with Crippen LogP contribution < -0.4 is 5.32 Å². The van der Waals surface area contributed by atoms with Gasteiger partial charge in [0.15, 0.2) is 5.16 Å². The van der Waals surface area contributed by atoms with Crippen LogP contribution in [0.3, 0.4) is 0 Å². The van der Waals surface area contributed by atoms with Crippen molar-refractivity contribution < 1.29 is 27.3 Å². The number of halogens is 3. The summed E-state index contributed by atoms with van der Waals surface area (Å²) in [5.74, 6) is -0.300. The number of thioether (sulfide) groups is 1. The Morgan fingerprint density at radius 2 is 1.94 bits per heavy atom. The minimum Gasteiger partial charge on any atom is -0.401 e. The number of hydrogen-bond acceptors (Lipinski definition) is 7. The van der Waals surface area contributed by atoms with Crippen LogP contribution in [-0.2, 0) is 16.4 Å². The summed E-state index contributed by atoms with van der Waals surface area (Å²) in [5, 5.41) is 13.2. The fourth-order valence-corrected chi connectivity index (χ4v) is 3.01. The van der Waals surface area contributed by atoms with E-state index in [1.807, 2.05) is 0 Å². The van der Waals surface area contributed by atoms with Gasteiger partial charge in [0.05, 0.1) is 11.8 Å². The molecule has 2 aromatic rings. The number of nitrogens with zero attached hydrogens (tertiary/aromatic N) is 3. The number of aromatic nitrogens is 2. The summed E-state index contributed by atoms with van der Waals surface area (Å²) < 4.78 is 44.2. The van der Waals surface area contributed by atoms with Crippen LogP contribution in [0.15, 0.2) is 33.8 Å². The topological polar surface area (TPSA) is 111 Å². The van der Waals surface area contributed by atoms with Gasteiger partial charge in [-0.15, -0.1) is 0 Å². The second kappa shape index (κ2) is 9.94. The molecule has 0 bridgehead atoms. The van der Waals surface area contributed by atoms with Gasteiger partial charge < -0.3 is 9.73 Å². The Bertz CT molecular complexity index is 936. The molecule has 1 N–H and O–H groups in total. The van der Waals surface area contributed by atoms with Crippen molar-refractivity contribution in [2.24, 2.45) is 0 Å². The van der Waals surface area contributed by atoms with Crippen LogP contribution >= 0.6 is 11.8 Å². The summed E-state index contributed by atoms with van der Waals surface area (Å²) in [7, 11) is 0. The summed E-state index contributed by atoms with van der Waals surface area (Å²) >= 11 is 1.08. The minimum absolute atomic E-state index is 0.0328. The Morgan fingerprint density at radius 3 is 2.52 bits per heavy atom. The molecule has 0 aliphatic heterocycles. The van der Waals surface area contributed by atoms with Crippen molar-refractivity contribution in [2.45, 2.75) is 43.9 Å². The quantitative estimate of drug-likeness (QED) is 0.154. The summed E-state index contributed by atoms with van der Waals surface area (Å²) in [6.07, 6.45) is -1.63. The highest BCUT2D eigenvalue weighted by molar-refractivity contribution is 7.99. The number of rotatable bonds is 8. The van der Waals surface area contributed by atoms with E-state index in [0.717, 1.165) is 17.8 Å². The van der Waals surface area contributed by atoms with Gasteiger partial charge in [-0.3, -0.25) is 14.9 Å². The molecule has 0 aromatic carbocycles. The molecule has 12 heteroatoms. The van der Waals surface area contributed by atoms with E-state index in [-0.39, 0.29) is 17.5 Å². The number of hydrogen-bond donors (Lipinski definition) is 1. The van der Waals surface area contributed by atoms with E-state index in [9.17, 15) is 28.1 Å². The average Bonchev–Trinajstić information content (AvgIpc) is 3.14. The zero-order valence-electron chi connectivity index (χ0n) is 17.0. The van der Waals surface area contributed by atoms with Crippen LogP contribution in [0.1, 0.15) is 44.3 Å². The number of alkyl halides is 3. The summed E-state index contributed by atoms with van der Waals surface area (Å²) in [6.45, 7) is 5.59. The molecule has 0 radical (unpaired) electrons. The fraction of sp³-hybridized carbons (Fsp3) is 0.421. The molecule has 0 fully saturated rings. The number of furan rings is 1. The first-order chi connectivity index (χ1) is 14.4. The molecular weight excluding hydrogens is 437 g/mol. The molecule has 0 saturated heterocycles. The van der Waals surface area contributed by atoms with E-state index in [0.29, 0.717) is 17.9 Å². The highest BCUT2D eigenvalue weighted by Gasteiger charge is 2.34. The lowest BCUT2D eigenvalue weighted by Gasteiger charge is -2.19. The Kier molecular flexibility index (Phi) is 7.82. The van der Waals surface area contributed by atoms with E-state index in [4.69, 9.17) is 4.42 Å². The van der Waals surface area contributed by atoms with Crippen molar-refractivity contribution in [3.05, 3.63) is 51.5 Å². The van der Waals surface area contributed by atoms with Crippen LogP contribution in [0.4, 0.5) is 19.1 Å². The molecule has 2 heterocycles. The molecule has 168 valence electrons. The van der Waals surface area contributed by atoms with Crippen LogP contribution in [0.2, 0.25) is 0 Å². The third kappa shape index (κ3) is 7.70. The van der Waals surface area contributed by atoms with Gasteiger partial charge in [0.25, 0.3) is 0 Å². The van der Waals surface area contributed by atoms with E-state index >= 15 is 0 Å². The smallest absolute Gasteiger partial charge is 0.401 e. The molecule has 0 unspecified atom stereocenters. The maximum Gasteiger partial charge on any atom is 0.433 e. The molecule has 0 saturated carbocycles. The van der Waals surface area contributed by atoms with Crippen molar-refractivity contribution in [2.75, 3.05) is 12.3 Å². The highest BCUT2D eigenvalue weighted by Crippen LogP contribution is 2.32. The van der Waals surface area contributed by atoms with Gasteiger partial charge in [-0.05, 0) is 24.6 Å². The van der Waals surface area contributed by atoms with Crippen LogP contribution in [0.25, 0.3) is 6.08 Å². The van der Waals surface area contributed by atoms with Gasteiger partial charge in [0.1, 0.15) is 16.4 Å². The largest absolute Gasteiger partial charge is 0.433 e. The Labute approximate surface area is 180 Å². The lowest BCUT2D eigenvalue weighted by molar-refractivity contribution is -0.402. The van der Waals surface area contributed by atoms with Crippen LogP contribution in [-0.4, -0.2) is 33.1 Å². The standard InChI is InChI=1S/C19H21F3N4O4S/c1-18(2,3)13-11-14(19(20,21)22)25-17(24-13)31-10-4-9-23-15(27)7-5-12-6-8-16(30-12)26(28)29/h5-8,11H,4,9-10H2,1-3H3,(H,23,27)/b7-5+. The zero-order valence-corrected chi connectivity index (χ0v) is 17.8. The van der Waals surface area contributed by atoms with Crippen LogP contribution in [0.5, 0.6) is 0 Å². The van der Waals surface area contributed by atoms with E-state index in [1.54, 1.807) is 20.8 Å². The predicted octanol–water partition coefficient (Wildman–Crippen LogP) is 4.61. The van der Waals surface area contributed by atoms with E-state index in [2.05, 4.69) is 15.3 Å². The maximum atomic E-state index is 13.1. The molecule has 31 heavy (non-hydrogen) atoms. The monoisotopic (exact) mass is 458 g/mol. The van der Waals surface area contributed by atoms with Crippen molar-refractivity contribution in [1.82, 2.24) is 15.3 Å². The van der Waals surface area contributed by atoms with Gasteiger partial charge in [-0.2, -0.15) is 13.2 Å². The van der Waals surface area contributed by atoms with Gasteiger partial charge in [0.2, 0.25) is 5.91 Å². The predicted molar refractivity (Wildman–Crippen MR) is 108 cm³/mol. The first-order valence-electron chi connectivity index (χ1n) is 9.16. The highest BCUT2D eigenvalue weighted by atomic mass is 32.2. The van der Waals surface area contributed by atoms with E-state index < -0.39 is 34.0 Å². The van der Waals surface area contributed by atoms with Crippen molar-refractivity contribution in [1.29, 1.82) is 0 Å². The molecule has 0 aliphatic rings. The van der Waals surface area contributed by atoms with Gasteiger partial charge in [-0.1, -0.05) is 32.5 Å². The summed E-state index contributed by atoms with van der Waals surface area (Å²) in [4.78, 5) is 29.4. The average molecular weight is 458 g/mol. The fourth-order valence-electron chi connectivity index (χ4n) is 2.21. The first-order valence-corrected chi connectivity index (χ1v) is 10.1. The second-order valence-corrected chi connectivity index (χ2v) is 8.49. The number of nitro groups is 1. The van der Waals surface area contributed by atoms with Gasteiger partial charge in [0, 0.05) is 23.8 Å². The SMILES string of the molecule is CC(C)(C)c1cc(C(F)(F)F)nc(SCCCNC(=O)/C=C/c2ccc([N+](=O)[O-])o2)n1. The summed E-state index contributed by atoms with van der Waals surface area (Å²) in [6, 6.07) is 3.50. The van der Waals surface area contributed by atoms with Crippen LogP contribution in [0, 0.1) is 10.1 Å². The lowest BCUT2D eigenvalue weighted by atomic mass is 9.91. The first kappa shape index (κ1) is 24.4. The molecule has 1 amide bonds. The molecule has 8 nitrogen and oxygen atoms in total. The number of carbonyl (C=O) groups excluding carboxylic acids is 1. The Hall–Kier alpha value is -2.89. The third-order valence-corrected chi connectivity index (χ3v) is 4.74. The normalized spacial score (nSPS) is 12.3.